The molecular formula is C15H15N5O5S. The third-order valence-electron chi connectivity index (χ3n) is 4.18. The number of nitro groups is 1. The first-order valence-electron chi connectivity index (χ1n) is 7.65. The maximum Gasteiger partial charge on any atom is 0.330 e. The van der Waals surface area contributed by atoms with Crippen molar-refractivity contribution < 1.29 is 19.6 Å². The molecule has 0 saturated carbocycles. The second-order valence-electron chi connectivity index (χ2n) is 5.86. The third kappa shape index (κ3) is 3.12. The van der Waals surface area contributed by atoms with Gasteiger partial charge < -0.3 is 10.4 Å². The van der Waals surface area contributed by atoms with Crippen molar-refractivity contribution in [1.29, 1.82) is 0 Å². The van der Waals surface area contributed by atoms with E-state index >= 15 is 0 Å². The molecule has 2 heterocycles. The summed E-state index contributed by atoms with van der Waals surface area (Å²) in [6.45, 7) is 1.59. The average molecular weight is 377 g/mol. The number of carbonyl (C=O) groups excluding carboxylic acids is 1. The summed E-state index contributed by atoms with van der Waals surface area (Å²) < 4.78 is 1.30. The van der Waals surface area contributed by atoms with Crippen molar-refractivity contribution in [3.05, 3.63) is 45.8 Å². The molecule has 1 aliphatic rings. The van der Waals surface area contributed by atoms with Gasteiger partial charge in [0.2, 0.25) is 0 Å². The minimum Gasteiger partial charge on any atom is -0.479 e. The van der Waals surface area contributed by atoms with Crippen LogP contribution in [0.2, 0.25) is 0 Å². The summed E-state index contributed by atoms with van der Waals surface area (Å²) in [6.07, 6.45) is 0.330. The standard InChI is InChI=1S/C15H15N5O5S/c1-9-12(13(21)16-15(14(22)23)5-6-26-8-15)17-18-19(9)10-3-2-4-11(7-10)20(24)25/h2-4,7H,5-6,8H2,1H3,(H,16,21)(H,22,23). The summed E-state index contributed by atoms with van der Waals surface area (Å²) in [7, 11) is 0. The molecule has 3 rings (SSSR count). The smallest absolute Gasteiger partial charge is 0.330 e. The van der Waals surface area contributed by atoms with Gasteiger partial charge in [-0.1, -0.05) is 11.3 Å². The van der Waals surface area contributed by atoms with Crippen molar-refractivity contribution in [1.82, 2.24) is 20.3 Å². The van der Waals surface area contributed by atoms with Crippen LogP contribution in [0.25, 0.3) is 5.69 Å². The molecule has 1 amide bonds. The SMILES string of the molecule is Cc1c(C(=O)NC2(C(=O)O)CCSC2)nnn1-c1cccc([N+](=O)[O-])c1. The van der Waals surface area contributed by atoms with E-state index in [4.69, 9.17) is 0 Å². The molecule has 1 aromatic heterocycles. The quantitative estimate of drug-likeness (QED) is 0.584. The molecular weight excluding hydrogens is 362 g/mol. The molecule has 10 nitrogen and oxygen atoms in total. The molecule has 1 aliphatic heterocycles. The Morgan fingerprint density at radius 3 is 2.85 bits per heavy atom. The van der Waals surface area contributed by atoms with E-state index in [9.17, 15) is 24.8 Å². The van der Waals surface area contributed by atoms with Gasteiger partial charge in [0, 0.05) is 17.9 Å². The first-order valence-corrected chi connectivity index (χ1v) is 8.80. The Kier molecular flexibility index (Phi) is 4.64. The lowest BCUT2D eigenvalue weighted by atomic mass is 9.99. The highest BCUT2D eigenvalue weighted by Crippen LogP contribution is 2.29. The maximum atomic E-state index is 12.5. The number of carbonyl (C=O) groups is 2. The molecule has 1 saturated heterocycles. The predicted molar refractivity (Wildman–Crippen MR) is 92.5 cm³/mol. The molecule has 0 spiro atoms. The van der Waals surface area contributed by atoms with Gasteiger partial charge in [0.05, 0.1) is 16.3 Å². The summed E-state index contributed by atoms with van der Waals surface area (Å²) in [5.74, 6) is -0.790. The number of nitrogens with one attached hydrogen (secondary N) is 1. The van der Waals surface area contributed by atoms with E-state index in [1.54, 1.807) is 13.0 Å². The van der Waals surface area contributed by atoms with Crippen molar-refractivity contribution in [3.63, 3.8) is 0 Å². The Morgan fingerprint density at radius 1 is 1.46 bits per heavy atom. The minimum atomic E-state index is -1.32. The lowest BCUT2D eigenvalue weighted by Gasteiger charge is -2.24. The second-order valence-corrected chi connectivity index (χ2v) is 6.96. The second kappa shape index (κ2) is 6.75. The van der Waals surface area contributed by atoms with Crippen LogP contribution in [0.5, 0.6) is 0 Å². The van der Waals surface area contributed by atoms with Gasteiger partial charge in [-0.15, -0.1) is 5.10 Å². The van der Waals surface area contributed by atoms with Gasteiger partial charge >= 0.3 is 5.97 Å². The van der Waals surface area contributed by atoms with Gasteiger partial charge in [-0.25, -0.2) is 9.48 Å². The van der Waals surface area contributed by atoms with Gasteiger partial charge in [-0.05, 0) is 25.2 Å². The van der Waals surface area contributed by atoms with Crippen LogP contribution < -0.4 is 5.32 Å². The van der Waals surface area contributed by atoms with Crippen LogP contribution in [0, 0.1) is 17.0 Å². The van der Waals surface area contributed by atoms with Crippen molar-refractivity contribution in [2.24, 2.45) is 0 Å². The van der Waals surface area contributed by atoms with E-state index in [2.05, 4.69) is 15.6 Å². The lowest BCUT2D eigenvalue weighted by molar-refractivity contribution is -0.384. The van der Waals surface area contributed by atoms with Crippen LogP contribution in [0.4, 0.5) is 5.69 Å². The zero-order valence-electron chi connectivity index (χ0n) is 13.7. The Hall–Kier alpha value is -2.95. The van der Waals surface area contributed by atoms with Crippen LogP contribution in [-0.4, -0.2) is 53.9 Å². The molecule has 11 heteroatoms. The average Bonchev–Trinajstić information content (AvgIpc) is 3.22. The molecule has 2 aromatic rings. The first kappa shape index (κ1) is 17.9. The molecule has 1 atom stereocenters. The summed E-state index contributed by atoms with van der Waals surface area (Å²) in [5, 5.41) is 30.6. The first-order chi connectivity index (χ1) is 12.3. The van der Waals surface area contributed by atoms with Gasteiger partial charge in [-0.2, -0.15) is 11.8 Å². The zero-order chi connectivity index (χ0) is 18.9. The number of benzene rings is 1. The van der Waals surface area contributed by atoms with Crippen molar-refractivity contribution in [2.45, 2.75) is 18.9 Å². The normalized spacial score (nSPS) is 19.3. The van der Waals surface area contributed by atoms with E-state index in [-0.39, 0.29) is 17.1 Å². The summed E-state index contributed by atoms with van der Waals surface area (Å²) in [6, 6.07) is 5.76. The number of hydrogen-bond donors (Lipinski definition) is 2. The Morgan fingerprint density at radius 2 is 2.23 bits per heavy atom. The Bertz CT molecular complexity index is 890. The largest absolute Gasteiger partial charge is 0.479 e. The number of aliphatic carboxylic acids is 1. The fourth-order valence-electron chi connectivity index (χ4n) is 2.68. The van der Waals surface area contributed by atoms with Crippen LogP contribution >= 0.6 is 11.8 Å². The molecule has 136 valence electrons. The summed E-state index contributed by atoms with van der Waals surface area (Å²) in [5.41, 5.74) is -0.712. The number of aromatic nitrogens is 3. The molecule has 1 fully saturated rings. The number of nitro benzene ring substituents is 1. The number of carboxylic acids is 1. The van der Waals surface area contributed by atoms with E-state index < -0.39 is 22.3 Å². The van der Waals surface area contributed by atoms with E-state index in [0.29, 0.717) is 23.6 Å². The zero-order valence-corrected chi connectivity index (χ0v) is 14.5. The number of thioether (sulfide) groups is 1. The molecule has 1 aromatic carbocycles. The van der Waals surface area contributed by atoms with Crippen molar-refractivity contribution in [2.75, 3.05) is 11.5 Å². The summed E-state index contributed by atoms with van der Waals surface area (Å²) in [4.78, 5) is 34.5. The number of non-ortho nitro benzene ring substituents is 1. The highest BCUT2D eigenvalue weighted by molar-refractivity contribution is 7.99. The fraction of sp³-hybridized carbons (Fsp3) is 0.333. The van der Waals surface area contributed by atoms with E-state index in [1.807, 2.05) is 0 Å². The monoisotopic (exact) mass is 377 g/mol. The van der Waals surface area contributed by atoms with Gasteiger partial charge in [0.25, 0.3) is 11.6 Å². The van der Waals surface area contributed by atoms with Gasteiger partial charge in [-0.3, -0.25) is 14.9 Å². The molecule has 26 heavy (non-hydrogen) atoms. The number of nitrogens with zero attached hydrogens (tertiary/aromatic N) is 4. The third-order valence-corrected chi connectivity index (χ3v) is 5.37. The van der Waals surface area contributed by atoms with Gasteiger partial charge in [0.1, 0.15) is 5.54 Å². The Labute approximate surface area is 151 Å². The lowest BCUT2D eigenvalue weighted by Crippen LogP contribution is -2.55. The number of rotatable bonds is 5. The van der Waals surface area contributed by atoms with Crippen molar-refractivity contribution >= 4 is 29.3 Å². The molecule has 2 N–H and O–H groups in total. The highest BCUT2D eigenvalue weighted by atomic mass is 32.2. The number of hydrogen-bond acceptors (Lipinski definition) is 7. The van der Waals surface area contributed by atoms with Crippen molar-refractivity contribution in [3.8, 4) is 5.69 Å². The number of amides is 1. The van der Waals surface area contributed by atoms with Crippen LogP contribution in [-0.2, 0) is 4.79 Å². The van der Waals surface area contributed by atoms with Gasteiger partial charge in [0.15, 0.2) is 5.69 Å². The molecule has 0 radical (unpaired) electrons. The molecule has 1 unspecified atom stereocenters. The van der Waals surface area contributed by atoms with Crippen LogP contribution in [0.3, 0.4) is 0 Å². The van der Waals surface area contributed by atoms with E-state index in [1.165, 1.54) is 34.6 Å². The fourth-order valence-corrected chi connectivity index (χ4v) is 4.01. The molecule has 0 aliphatic carbocycles. The maximum absolute atomic E-state index is 12.5. The topological polar surface area (TPSA) is 140 Å². The minimum absolute atomic E-state index is 0.0194. The Balaban J connectivity index is 1.89. The number of carboxylic acid groups (broad SMARTS) is 1. The van der Waals surface area contributed by atoms with E-state index in [0.717, 1.165) is 0 Å². The molecule has 0 bridgehead atoms. The highest BCUT2D eigenvalue weighted by Gasteiger charge is 2.44. The van der Waals surface area contributed by atoms with Crippen LogP contribution in [0.15, 0.2) is 24.3 Å². The predicted octanol–water partition coefficient (Wildman–Crippen LogP) is 1.17. The summed E-state index contributed by atoms with van der Waals surface area (Å²) >= 11 is 1.46. The van der Waals surface area contributed by atoms with Crippen LogP contribution in [0.1, 0.15) is 22.6 Å².